The van der Waals surface area contributed by atoms with Crippen molar-refractivity contribution in [2.45, 2.75) is 13.5 Å². The van der Waals surface area contributed by atoms with Crippen LogP contribution in [0.3, 0.4) is 0 Å². The van der Waals surface area contributed by atoms with E-state index in [1.54, 1.807) is 24.5 Å². The Bertz CT molecular complexity index is 1190. The third kappa shape index (κ3) is 3.23. The maximum Gasteiger partial charge on any atom is 0.354 e. The number of aryl methyl sites for hydroxylation is 1. The van der Waals surface area contributed by atoms with Crippen LogP contribution in [0.25, 0.3) is 17.0 Å². The number of aromatic amines is 1. The molecule has 0 bridgehead atoms. The third-order valence-electron chi connectivity index (χ3n) is 4.36. The summed E-state index contributed by atoms with van der Waals surface area (Å²) in [5.41, 5.74) is 3.46. The average Bonchev–Trinajstić information content (AvgIpc) is 3.33. The number of carbonyl (C=O) groups is 2. The number of imidazole rings is 2. The number of pyridine rings is 1. The summed E-state index contributed by atoms with van der Waals surface area (Å²) in [4.78, 5) is 35.4. The minimum absolute atomic E-state index is 0.000939. The zero-order chi connectivity index (χ0) is 19.7. The first-order valence-electron chi connectivity index (χ1n) is 8.61. The van der Waals surface area contributed by atoms with Crippen molar-refractivity contribution < 1.29 is 14.7 Å². The average molecular weight is 375 g/mol. The van der Waals surface area contributed by atoms with Gasteiger partial charge in [0.25, 0.3) is 5.91 Å². The molecule has 0 radical (unpaired) electrons. The molecule has 0 aliphatic rings. The van der Waals surface area contributed by atoms with Crippen LogP contribution in [0.5, 0.6) is 0 Å². The summed E-state index contributed by atoms with van der Waals surface area (Å²) in [6.07, 6.45) is 4.47. The number of benzene rings is 1. The molecule has 4 aromatic rings. The van der Waals surface area contributed by atoms with Crippen LogP contribution in [0, 0.1) is 6.92 Å². The molecule has 0 atom stereocenters. The zero-order valence-electron chi connectivity index (χ0n) is 15.0. The fourth-order valence-corrected chi connectivity index (χ4v) is 3.01. The lowest BCUT2D eigenvalue weighted by atomic mass is 10.1. The second kappa shape index (κ2) is 6.99. The predicted octanol–water partition coefficient (Wildman–Crippen LogP) is 2.66. The quantitative estimate of drug-likeness (QED) is 0.496. The van der Waals surface area contributed by atoms with E-state index in [0.717, 1.165) is 22.6 Å². The number of H-pyrrole nitrogens is 1. The monoisotopic (exact) mass is 375 g/mol. The summed E-state index contributed by atoms with van der Waals surface area (Å²) < 4.78 is 1.38. The summed E-state index contributed by atoms with van der Waals surface area (Å²) in [7, 11) is 0. The van der Waals surface area contributed by atoms with Crippen LogP contribution < -0.4 is 5.32 Å². The number of rotatable bonds is 5. The highest BCUT2D eigenvalue weighted by Crippen LogP contribution is 2.17. The molecule has 0 aliphatic carbocycles. The topological polar surface area (TPSA) is 112 Å². The number of hydrogen-bond donors (Lipinski definition) is 3. The van der Waals surface area contributed by atoms with E-state index in [1.165, 1.54) is 10.6 Å². The first-order chi connectivity index (χ1) is 13.5. The number of nitrogens with zero attached hydrogens (tertiary/aromatic N) is 3. The molecule has 0 saturated carbocycles. The second-order valence-electron chi connectivity index (χ2n) is 6.37. The molecule has 0 fully saturated rings. The molecular formula is C20H17N5O3. The van der Waals surface area contributed by atoms with Gasteiger partial charge in [-0.3, -0.25) is 9.20 Å². The Kier molecular flexibility index (Phi) is 4.36. The maximum atomic E-state index is 12.6. The molecule has 3 heterocycles. The fraction of sp³-hybridized carbons (Fsp3) is 0.100. The van der Waals surface area contributed by atoms with Crippen molar-refractivity contribution in [1.29, 1.82) is 0 Å². The van der Waals surface area contributed by atoms with Crippen molar-refractivity contribution in [3.63, 3.8) is 0 Å². The summed E-state index contributed by atoms with van der Waals surface area (Å²) in [5.74, 6) is -0.722. The van der Waals surface area contributed by atoms with Gasteiger partial charge in [0.2, 0.25) is 0 Å². The molecule has 3 N–H and O–H groups in total. The Morgan fingerprint density at radius 3 is 2.82 bits per heavy atom. The van der Waals surface area contributed by atoms with Crippen LogP contribution in [0.1, 0.15) is 32.1 Å². The molecule has 0 saturated heterocycles. The van der Waals surface area contributed by atoms with Crippen molar-refractivity contribution in [3.8, 4) is 11.4 Å². The van der Waals surface area contributed by atoms with Crippen molar-refractivity contribution in [2.24, 2.45) is 0 Å². The highest BCUT2D eigenvalue weighted by Gasteiger charge is 2.16. The number of carbonyl (C=O) groups excluding carboxylic acids is 1. The first-order valence-corrected chi connectivity index (χ1v) is 8.61. The van der Waals surface area contributed by atoms with E-state index in [9.17, 15) is 14.7 Å². The smallest absolute Gasteiger partial charge is 0.354 e. The lowest BCUT2D eigenvalue weighted by Crippen LogP contribution is -2.23. The van der Waals surface area contributed by atoms with E-state index in [2.05, 4.69) is 20.3 Å². The van der Waals surface area contributed by atoms with Gasteiger partial charge >= 0.3 is 5.97 Å². The molecule has 8 heteroatoms. The lowest BCUT2D eigenvalue weighted by molar-refractivity contribution is 0.0689. The SMILES string of the molecule is Cc1cccc(-c2ncc(CNC(=O)c3cccn4c(C(=O)O)cnc34)[nH]2)c1. The Morgan fingerprint density at radius 2 is 2.04 bits per heavy atom. The molecule has 4 rings (SSSR count). The van der Waals surface area contributed by atoms with Gasteiger partial charge in [-0.25, -0.2) is 14.8 Å². The zero-order valence-corrected chi connectivity index (χ0v) is 15.0. The molecule has 1 amide bonds. The van der Waals surface area contributed by atoms with Gasteiger partial charge in [0.1, 0.15) is 11.5 Å². The molecule has 0 spiro atoms. The summed E-state index contributed by atoms with van der Waals surface area (Å²) in [6.45, 7) is 2.27. The lowest BCUT2D eigenvalue weighted by Gasteiger charge is -2.06. The molecule has 8 nitrogen and oxygen atoms in total. The van der Waals surface area contributed by atoms with Crippen LogP contribution >= 0.6 is 0 Å². The standard InChI is InChI=1S/C20H17N5O3/c1-12-4-2-5-13(8-12)17-21-9-14(24-17)10-23-19(26)15-6-3-7-25-16(20(27)28)11-22-18(15)25/h2-9,11H,10H2,1H3,(H,21,24)(H,23,26)(H,27,28). The molecule has 140 valence electrons. The van der Waals surface area contributed by atoms with E-state index in [-0.39, 0.29) is 18.1 Å². The number of nitrogens with one attached hydrogen (secondary N) is 2. The minimum atomic E-state index is -1.11. The van der Waals surface area contributed by atoms with Crippen LogP contribution in [-0.4, -0.2) is 36.3 Å². The van der Waals surface area contributed by atoms with Crippen LogP contribution in [0.15, 0.2) is 55.0 Å². The number of carboxylic acid groups (broad SMARTS) is 1. The maximum absolute atomic E-state index is 12.6. The largest absolute Gasteiger partial charge is 0.477 e. The van der Waals surface area contributed by atoms with Crippen molar-refractivity contribution in [3.05, 3.63) is 77.5 Å². The molecular weight excluding hydrogens is 358 g/mol. The van der Waals surface area contributed by atoms with Crippen LogP contribution in [-0.2, 0) is 6.54 Å². The second-order valence-corrected chi connectivity index (χ2v) is 6.37. The van der Waals surface area contributed by atoms with Crippen LogP contribution in [0.4, 0.5) is 0 Å². The molecule has 28 heavy (non-hydrogen) atoms. The molecule has 1 aromatic carbocycles. The van der Waals surface area contributed by atoms with Gasteiger partial charge in [0, 0.05) is 11.8 Å². The number of amides is 1. The Balaban J connectivity index is 1.51. The van der Waals surface area contributed by atoms with E-state index < -0.39 is 5.97 Å². The normalized spacial score (nSPS) is 10.9. The van der Waals surface area contributed by atoms with Crippen molar-refractivity contribution in [1.82, 2.24) is 24.7 Å². The fourth-order valence-electron chi connectivity index (χ4n) is 3.01. The highest BCUT2D eigenvalue weighted by molar-refractivity contribution is 6.00. The Morgan fingerprint density at radius 1 is 1.18 bits per heavy atom. The van der Waals surface area contributed by atoms with Crippen LogP contribution in [0.2, 0.25) is 0 Å². The highest BCUT2D eigenvalue weighted by atomic mass is 16.4. The number of aromatic nitrogens is 4. The number of aromatic carboxylic acids is 1. The predicted molar refractivity (Wildman–Crippen MR) is 102 cm³/mol. The molecule has 0 unspecified atom stereocenters. The molecule has 0 aliphatic heterocycles. The molecule has 3 aromatic heterocycles. The van der Waals surface area contributed by atoms with Gasteiger partial charge in [-0.05, 0) is 25.1 Å². The first kappa shape index (κ1) is 17.5. The van der Waals surface area contributed by atoms with Gasteiger partial charge in [-0.1, -0.05) is 23.8 Å². The van der Waals surface area contributed by atoms with Gasteiger partial charge in [-0.2, -0.15) is 0 Å². The number of fused-ring (bicyclic) bond motifs is 1. The van der Waals surface area contributed by atoms with Crippen molar-refractivity contribution >= 4 is 17.5 Å². The third-order valence-corrected chi connectivity index (χ3v) is 4.36. The van der Waals surface area contributed by atoms with E-state index in [1.807, 2.05) is 31.2 Å². The number of hydrogen-bond acceptors (Lipinski definition) is 4. The van der Waals surface area contributed by atoms with Gasteiger partial charge in [0.05, 0.1) is 30.2 Å². The van der Waals surface area contributed by atoms with E-state index in [0.29, 0.717) is 11.2 Å². The Hall–Kier alpha value is -3.94. The van der Waals surface area contributed by atoms with E-state index >= 15 is 0 Å². The Labute approximate surface area is 159 Å². The summed E-state index contributed by atoms with van der Waals surface area (Å²) >= 11 is 0. The van der Waals surface area contributed by atoms with Gasteiger partial charge in [0.15, 0.2) is 5.69 Å². The summed E-state index contributed by atoms with van der Waals surface area (Å²) in [6, 6.07) is 11.2. The van der Waals surface area contributed by atoms with Crippen molar-refractivity contribution in [2.75, 3.05) is 0 Å². The van der Waals surface area contributed by atoms with E-state index in [4.69, 9.17) is 0 Å². The number of carboxylic acids is 1. The van der Waals surface area contributed by atoms with Gasteiger partial charge < -0.3 is 15.4 Å². The van der Waals surface area contributed by atoms with Gasteiger partial charge in [-0.15, -0.1) is 0 Å². The minimum Gasteiger partial charge on any atom is -0.477 e. The summed E-state index contributed by atoms with van der Waals surface area (Å²) in [5, 5.41) is 12.0.